The number of carbonyl (C=O) groups is 1. The number of rotatable bonds is 8. The molecular formula is C25H29F2N3O4. The van der Waals surface area contributed by atoms with Gasteiger partial charge in [-0.15, -0.1) is 0 Å². The number of benzene rings is 2. The van der Waals surface area contributed by atoms with Crippen LogP contribution in [0.25, 0.3) is 0 Å². The molecule has 0 saturated heterocycles. The maximum absolute atomic E-state index is 14.6. The van der Waals surface area contributed by atoms with Crippen molar-refractivity contribution in [3.63, 3.8) is 0 Å². The van der Waals surface area contributed by atoms with Crippen LogP contribution in [-0.2, 0) is 6.61 Å². The van der Waals surface area contributed by atoms with E-state index in [1.165, 1.54) is 0 Å². The van der Waals surface area contributed by atoms with Gasteiger partial charge in [0.2, 0.25) is 0 Å². The van der Waals surface area contributed by atoms with Crippen molar-refractivity contribution >= 4 is 11.7 Å². The first-order valence-electron chi connectivity index (χ1n) is 11.3. The van der Waals surface area contributed by atoms with Gasteiger partial charge in [0, 0.05) is 17.5 Å². The van der Waals surface area contributed by atoms with Gasteiger partial charge in [0.15, 0.2) is 17.4 Å². The summed E-state index contributed by atoms with van der Waals surface area (Å²) in [4.78, 5) is 12.7. The van der Waals surface area contributed by atoms with Crippen LogP contribution in [0, 0.1) is 27.9 Å². The van der Waals surface area contributed by atoms with E-state index in [9.17, 15) is 13.6 Å². The fourth-order valence-electron chi connectivity index (χ4n) is 5.10. The van der Waals surface area contributed by atoms with Crippen molar-refractivity contribution in [3.05, 3.63) is 59.2 Å². The summed E-state index contributed by atoms with van der Waals surface area (Å²) in [5.74, 6) is -2.12. The highest BCUT2D eigenvalue weighted by Crippen LogP contribution is 2.56. The summed E-state index contributed by atoms with van der Waals surface area (Å²) >= 11 is 0. The highest BCUT2D eigenvalue weighted by Gasteiger charge is 2.50. The Morgan fingerprint density at radius 3 is 2.18 bits per heavy atom. The number of fused-ring (bicyclic) bond motifs is 3. The molecule has 2 aromatic carbocycles. The normalized spacial score (nSPS) is 23.3. The molecule has 3 aliphatic rings. The highest BCUT2D eigenvalue weighted by atomic mass is 19.1. The topological polar surface area (TPSA) is 104 Å². The second-order valence-corrected chi connectivity index (χ2v) is 9.36. The molecule has 0 heterocycles. The lowest BCUT2D eigenvalue weighted by atomic mass is 9.53. The van der Waals surface area contributed by atoms with Crippen molar-refractivity contribution in [2.75, 3.05) is 13.7 Å². The zero-order valence-electron chi connectivity index (χ0n) is 19.0. The molecule has 0 aliphatic heterocycles. The number of hydroxylamine groups is 1. The fraction of sp³-hybridized carbons (Fsp3) is 0.440. The van der Waals surface area contributed by atoms with Gasteiger partial charge in [-0.3, -0.25) is 20.9 Å². The molecule has 9 heteroatoms. The molecule has 0 unspecified atom stereocenters. The van der Waals surface area contributed by atoms with E-state index in [1.54, 1.807) is 31.4 Å². The number of carbonyl (C=O) groups excluding carboxylic acids is 1. The van der Waals surface area contributed by atoms with Crippen molar-refractivity contribution in [1.82, 2.24) is 10.8 Å². The summed E-state index contributed by atoms with van der Waals surface area (Å²) in [5, 5.41) is 20.0. The Bertz CT molecular complexity index is 1030. The van der Waals surface area contributed by atoms with E-state index in [1.807, 2.05) is 5.48 Å². The van der Waals surface area contributed by atoms with Crippen molar-refractivity contribution < 1.29 is 28.3 Å². The number of halogens is 2. The van der Waals surface area contributed by atoms with Crippen LogP contribution < -0.4 is 20.3 Å². The number of hydrogen-bond donors (Lipinski definition) is 4. The van der Waals surface area contributed by atoms with Crippen LogP contribution >= 0.6 is 0 Å². The summed E-state index contributed by atoms with van der Waals surface area (Å²) in [5.41, 5.74) is 2.21. The molecular weight excluding hydrogens is 444 g/mol. The van der Waals surface area contributed by atoms with E-state index in [2.05, 4.69) is 5.32 Å². The summed E-state index contributed by atoms with van der Waals surface area (Å²) in [7, 11) is 1.55. The number of methoxy groups -OCH3 is 1. The molecule has 2 aromatic rings. The van der Waals surface area contributed by atoms with Gasteiger partial charge >= 0.3 is 0 Å². The smallest absolute Gasteiger partial charge is 0.251 e. The molecule has 3 aliphatic carbocycles. The predicted octanol–water partition coefficient (Wildman–Crippen LogP) is 4.58. The third-order valence-electron chi connectivity index (χ3n) is 7.47. The van der Waals surface area contributed by atoms with Gasteiger partial charge in [-0.25, -0.2) is 8.78 Å². The molecule has 0 spiro atoms. The molecule has 0 radical (unpaired) electrons. The Labute approximate surface area is 196 Å². The molecule has 34 heavy (non-hydrogen) atoms. The zero-order chi connectivity index (χ0) is 24.3. The maximum atomic E-state index is 14.6. The second kappa shape index (κ2) is 9.58. The van der Waals surface area contributed by atoms with Gasteiger partial charge in [-0.1, -0.05) is 12.1 Å². The van der Waals surface area contributed by atoms with E-state index < -0.39 is 23.3 Å². The Kier molecular flexibility index (Phi) is 6.74. The predicted molar refractivity (Wildman–Crippen MR) is 121 cm³/mol. The number of amides is 1. The van der Waals surface area contributed by atoms with Crippen LogP contribution in [0.3, 0.4) is 0 Å². The Balaban J connectivity index is 1.35. The molecule has 0 aromatic heterocycles. The van der Waals surface area contributed by atoms with Crippen molar-refractivity contribution in [3.8, 4) is 11.5 Å². The van der Waals surface area contributed by atoms with Crippen LogP contribution in [-0.4, -0.2) is 30.6 Å². The first kappa shape index (κ1) is 23.9. The largest absolute Gasteiger partial charge is 0.497 e. The number of amidine groups is 1. The molecule has 7 nitrogen and oxygen atoms in total. The third kappa shape index (κ3) is 4.70. The maximum Gasteiger partial charge on any atom is 0.251 e. The molecule has 3 fully saturated rings. The summed E-state index contributed by atoms with van der Waals surface area (Å²) < 4.78 is 39.6. The van der Waals surface area contributed by atoms with E-state index in [0.717, 1.165) is 56.2 Å². The van der Waals surface area contributed by atoms with E-state index in [4.69, 9.17) is 20.1 Å². The minimum atomic E-state index is -0.938. The minimum Gasteiger partial charge on any atom is -0.497 e. The molecule has 182 valence electrons. The highest BCUT2D eigenvalue weighted by molar-refractivity contribution is 5.94. The van der Waals surface area contributed by atoms with Crippen molar-refractivity contribution in [2.45, 2.75) is 45.1 Å². The summed E-state index contributed by atoms with van der Waals surface area (Å²) in [6, 6.07) is 8.90. The molecule has 5 rings (SSSR count). The molecule has 2 bridgehead atoms. The molecule has 1 amide bonds. The Morgan fingerprint density at radius 2 is 1.65 bits per heavy atom. The second-order valence-electron chi connectivity index (χ2n) is 9.36. The lowest BCUT2D eigenvalue weighted by Gasteiger charge is -2.53. The molecule has 4 N–H and O–H groups in total. The molecule has 3 saturated carbocycles. The average molecular weight is 474 g/mol. The lowest BCUT2D eigenvalue weighted by molar-refractivity contribution is 0.0250. The van der Waals surface area contributed by atoms with E-state index >= 15 is 0 Å². The quantitative estimate of drug-likeness (QED) is 0.255. The first-order chi connectivity index (χ1) is 16.3. The van der Waals surface area contributed by atoms with Crippen LogP contribution in [0.4, 0.5) is 8.78 Å². The first-order valence-corrected chi connectivity index (χ1v) is 11.3. The minimum absolute atomic E-state index is 0.0311. The van der Waals surface area contributed by atoms with Crippen LogP contribution in [0.15, 0.2) is 36.4 Å². The average Bonchev–Trinajstić information content (AvgIpc) is 2.87. The van der Waals surface area contributed by atoms with Gasteiger partial charge < -0.3 is 14.8 Å². The fourth-order valence-corrected chi connectivity index (χ4v) is 5.10. The van der Waals surface area contributed by atoms with Crippen LogP contribution in [0.5, 0.6) is 11.5 Å². The molecule has 0 atom stereocenters. The van der Waals surface area contributed by atoms with Gasteiger partial charge in [-0.05, 0) is 73.8 Å². The summed E-state index contributed by atoms with van der Waals surface area (Å²) in [6.07, 6.45) is 4.74. The Morgan fingerprint density at radius 1 is 1.06 bits per heavy atom. The van der Waals surface area contributed by atoms with Gasteiger partial charge in [0.1, 0.15) is 18.2 Å². The van der Waals surface area contributed by atoms with Crippen LogP contribution in [0.2, 0.25) is 0 Å². The monoisotopic (exact) mass is 473 g/mol. The van der Waals surface area contributed by atoms with Gasteiger partial charge in [0.25, 0.3) is 5.91 Å². The number of ether oxygens (including phenoxy) is 2. The number of hydrogen-bond acceptors (Lipinski definition) is 5. The summed E-state index contributed by atoms with van der Waals surface area (Å²) in [6.45, 7) is 0.372. The lowest BCUT2D eigenvalue weighted by Crippen LogP contribution is -2.52. The van der Waals surface area contributed by atoms with Crippen molar-refractivity contribution in [1.29, 1.82) is 5.41 Å². The van der Waals surface area contributed by atoms with Crippen LogP contribution in [0.1, 0.15) is 54.4 Å². The SMILES string of the molecule is COc1ccc(COc2c(F)cc(C(=O)NC[C@]34CC[C@](C(=N)NO)(CC3)CC4)cc2F)cc1. The standard InChI is InChI=1S/C25H29F2N3O4/c1-33-18-4-2-16(3-5-18)14-34-21-19(26)12-17(13-20(21)27)22(31)29-15-24-6-9-25(10-7-24,11-8-24)23(28)30-32/h2-5,12-13,32H,6-11,14-15H2,1H3,(H2,28,30)(H,29,31)/t24-,25+. The van der Waals surface area contributed by atoms with Gasteiger partial charge in [-0.2, -0.15) is 0 Å². The van der Waals surface area contributed by atoms with Gasteiger partial charge in [0.05, 0.1) is 7.11 Å². The Hall–Kier alpha value is -3.20. The number of nitrogens with one attached hydrogen (secondary N) is 3. The van der Waals surface area contributed by atoms with Crippen molar-refractivity contribution in [2.24, 2.45) is 10.8 Å². The van der Waals surface area contributed by atoms with E-state index in [-0.39, 0.29) is 28.8 Å². The van der Waals surface area contributed by atoms with E-state index in [0.29, 0.717) is 12.3 Å². The third-order valence-corrected chi connectivity index (χ3v) is 7.47. The zero-order valence-corrected chi connectivity index (χ0v) is 19.0.